The molecule has 0 aliphatic rings. The number of halogens is 2. The van der Waals surface area contributed by atoms with E-state index in [0.717, 1.165) is 17.9 Å². The van der Waals surface area contributed by atoms with E-state index in [1.807, 2.05) is 25.1 Å². The van der Waals surface area contributed by atoms with Crippen molar-refractivity contribution in [2.45, 2.75) is 6.92 Å². The van der Waals surface area contributed by atoms with Crippen LogP contribution in [-0.4, -0.2) is 49.0 Å². The van der Waals surface area contributed by atoms with Crippen molar-refractivity contribution in [1.29, 1.82) is 0 Å². The van der Waals surface area contributed by atoms with E-state index in [1.165, 1.54) is 0 Å². The van der Waals surface area contributed by atoms with E-state index >= 15 is 0 Å². The lowest BCUT2D eigenvalue weighted by molar-refractivity contribution is 0.0953. The first-order valence-electron chi connectivity index (χ1n) is 7.42. The third kappa shape index (κ3) is 5.49. The highest BCUT2D eigenvalue weighted by atomic mass is 35.5. The van der Waals surface area contributed by atoms with Gasteiger partial charge in [0.15, 0.2) is 0 Å². The van der Waals surface area contributed by atoms with E-state index < -0.39 is 0 Å². The van der Waals surface area contributed by atoms with E-state index in [4.69, 9.17) is 16.3 Å². The van der Waals surface area contributed by atoms with Crippen molar-refractivity contribution in [3.63, 3.8) is 0 Å². The van der Waals surface area contributed by atoms with Gasteiger partial charge in [-0.15, -0.1) is 12.4 Å². The van der Waals surface area contributed by atoms with Gasteiger partial charge >= 0.3 is 0 Å². The Hall–Kier alpha value is -1.60. The van der Waals surface area contributed by atoms with Crippen LogP contribution in [0.2, 0.25) is 5.02 Å². The van der Waals surface area contributed by atoms with Crippen LogP contribution in [0, 0.1) is 6.92 Å². The Morgan fingerprint density at radius 1 is 1.33 bits per heavy atom. The van der Waals surface area contributed by atoms with E-state index in [2.05, 4.69) is 15.7 Å². The monoisotopic (exact) mass is 372 g/mol. The van der Waals surface area contributed by atoms with Gasteiger partial charge in [0.1, 0.15) is 0 Å². The Kier molecular flexibility index (Phi) is 8.78. The van der Waals surface area contributed by atoms with Crippen LogP contribution in [0.1, 0.15) is 16.1 Å². The van der Waals surface area contributed by atoms with Crippen LogP contribution in [0.15, 0.2) is 30.5 Å². The van der Waals surface area contributed by atoms with Gasteiger partial charge in [-0.2, -0.15) is 5.10 Å². The highest BCUT2D eigenvalue weighted by Crippen LogP contribution is 2.17. The number of hydrogen-bond acceptors (Lipinski definition) is 4. The number of ether oxygens (including phenoxy) is 1. The van der Waals surface area contributed by atoms with Crippen LogP contribution < -0.4 is 10.6 Å². The summed E-state index contributed by atoms with van der Waals surface area (Å²) in [5.74, 6) is -0.135. The number of aromatic nitrogens is 2. The van der Waals surface area contributed by atoms with Gasteiger partial charge in [0.05, 0.1) is 29.7 Å². The average Bonchev–Trinajstić information content (AvgIpc) is 2.92. The smallest absolute Gasteiger partial charge is 0.254 e. The van der Waals surface area contributed by atoms with Crippen molar-refractivity contribution >= 4 is 29.9 Å². The molecule has 1 amide bonds. The van der Waals surface area contributed by atoms with E-state index in [9.17, 15) is 4.79 Å². The molecule has 0 bridgehead atoms. The number of carbonyl (C=O) groups excluding carboxylic acids is 1. The number of nitrogens with one attached hydrogen (secondary N) is 2. The highest BCUT2D eigenvalue weighted by molar-refractivity contribution is 6.30. The molecule has 1 heterocycles. The zero-order chi connectivity index (χ0) is 16.7. The van der Waals surface area contributed by atoms with E-state index in [0.29, 0.717) is 30.3 Å². The molecule has 24 heavy (non-hydrogen) atoms. The normalized spacial score (nSPS) is 10.3. The zero-order valence-electron chi connectivity index (χ0n) is 13.7. The van der Waals surface area contributed by atoms with Crippen LogP contribution in [0.25, 0.3) is 5.69 Å². The molecule has 2 rings (SSSR count). The van der Waals surface area contributed by atoms with Crippen LogP contribution >= 0.6 is 24.0 Å². The summed E-state index contributed by atoms with van der Waals surface area (Å²) in [6.45, 7) is 4.51. The minimum atomic E-state index is -0.135. The van der Waals surface area contributed by atoms with Gasteiger partial charge in [-0.3, -0.25) is 4.79 Å². The molecule has 0 unspecified atom stereocenters. The fraction of sp³-hybridized carbons (Fsp3) is 0.375. The van der Waals surface area contributed by atoms with Gasteiger partial charge in [-0.1, -0.05) is 17.7 Å². The van der Waals surface area contributed by atoms with Crippen LogP contribution in [0.5, 0.6) is 0 Å². The molecule has 0 aliphatic heterocycles. The summed E-state index contributed by atoms with van der Waals surface area (Å²) in [7, 11) is 1.66. The Labute approximate surface area is 152 Å². The summed E-state index contributed by atoms with van der Waals surface area (Å²) in [6.07, 6.45) is 1.57. The maximum absolute atomic E-state index is 12.2. The van der Waals surface area contributed by atoms with E-state index in [-0.39, 0.29) is 18.3 Å². The van der Waals surface area contributed by atoms with Crippen LogP contribution in [0.4, 0.5) is 0 Å². The Balaban J connectivity index is 0.00000288. The molecule has 0 atom stereocenters. The third-order valence-electron chi connectivity index (χ3n) is 3.38. The summed E-state index contributed by atoms with van der Waals surface area (Å²) in [5, 5.41) is 11.0. The molecule has 0 saturated heterocycles. The van der Waals surface area contributed by atoms with Gasteiger partial charge in [0.25, 0.3) is 5.91 Å². The summed E-state index contributed by atoms with van der Waals surface area (Å²) in [5.41, 5.74) is 2.16. The number of amides is 1. The van der Waals surface area contributed by atoms with Crippen LogP contribution in [0.3, 0.4) is 0 Å². The second kappa shape index (κ2) is 10.3. The first kappa shape index (κ1) is 20.4. The minimum absolute atomic E-state index is 0. The van der Waals surface area contributed by atoms with Crippen molar-refractivity contribution in [2.75, 3.05) is 33.4 Å². The maximum atomic E-state index is 12.2. The Morgan fingerprint density at radius 3 is 2.83 bits per heavy atom. The second-order valence-electron chi connectivity index (χ2n) is 5.03. The first-order chi connectivity index (χ1) is 11.1. The zero-order valence-corrected chi connectivity index (χ0v) is 15.3. The second-order valence-corrected chi connectivity index (χ2v) is 5.47. The molecule has 0 saturated carbocycles. The van der Waals surface area contributed by atoms with Gasteiger partial charge in [0.2, 0.25) is 0 Å². The molecule has 8 heteroatoms. The molecule has 0 spiro atoms. The molecule has 2 aromatic rings. The number of hydrogen-bond donors (Lipinski definition) is 2. The first-order valence-corrected chi connectivity index (χ1v) is 7.79. The molecule has 1 aromatic carbocycles. The highest BCUT2D eigenvalue weighted by Gasteiger charge is 2.14. The van der Waals surface area contributed by atoms with Gasteiger partial charge < -0.3 is 15.4 Å². The minimum Gasteiger partial charge on any atom is -0.383 e. The van der Waals surface area contributed by atoms with Crippen molar-refractivity contribution in [3.05, 3.63) is 46.7 Å². The van der Waals surface area contributed by atoms with Gasteiger partial charge in [-0.25, -0.2) is 4.68 Å². The lowest BCUT2D eigenvalue weighted by Crippen LogP contribution is -2.33. The molecular formula is C16H22Cl2N4O2. The van der Waals surface area contributed by atoms with Crippen molar-refractivity contribution in [3.8, 4) is 5.69 Å². The predicted molar refractivity (Wildman–Crippen MR) is 97.6 cm³/mol. The lowest BCUT2D eigenvalue weighted by Gasteiger charge is -2.07. The van der Waals surface area contributed by atoms with Crippen LogP contribution in [-0.2, 0) is 4.74 Å². The molecule has 0 radical (unpaired) electrons. The number of rotatable bonds is 8. The summed E-state index contributed by atoms with van der Waals surface area (Å²) in [6, 6.07) is 7.36. The maximum Gasteiger partial charge on any atom is 0.254 e. The van der Waals surface area contributed by atoms with Crippen molar-refractivity contribution < 1.29 is 9.53 Å². The summed E-state index contributed by atoms with van der Waals surface area (Å²) < 4.78 is 6.64. The fourth-order valence-corrected chi connectivity index (χ4v) is 2.34. The number of benzene rings is 1. The molecule has 1 aromatic heterocycles. The largest absolute Gasteiger partial charge is 0.383 e. The molecule has 0 fully saturated rings. The number of nitrogens with zero attached hydrogens (tertiary/aromatic N) is 2. The molecule has 132 valence electrons. The molecule has 0 aliphatic carbocycles. The molecular weight excluding hydrogens is 351 g/mol. The van der Waals surface area contributed by atoms with Gasteiger partial charge in [0, 0.05) is 31.8 Å². The number of methoxy groups -OCH3 is 1. The van der Waals surface area contributed by atoms with Gasteiger partial charge in [-0.05, 0) is 25.1 Å². The van der Waals surface area contributed by atoms with Crippen molar-refractivity contribution in [1.82, 2.24) is 20.4 Å². The Morgan fingerprint density at radius 2 is 2.12 bits per heavy atom. The third-order valence-corrected chi connectivity index (χ3v) is 3.61. The molecule has 6 nitrogen and oxygen atoms in total. The number of carbonyl (C=O) groups is 1. The average molecular weight is 373 g/mol. The summed E-state index contributed by atoms with van der Waals surface area (Å²) in [4.78, 5) is 12.2. The predicted octanol–water partition coefficient (Wildman–Crippen LogP) is 2.22. The van der Waals surface area contributed by atoms with E-state index in [1.54, 1.807) is 24.1 Å². The topological polar surface area (TPSA) is 68.2 Å². The molecule has 2 N–H and O–H groups in total. The summed E-state index contributed by atoms with van der Waals surface area (Å²) >= 11 is 6.00. The standard InChI is InChI=1S/C16H21ClN4O2.ClH/c1-12-15(16(22)19-7-6-18-8-9-23-2)11-20-21(12)14-5-3-4-13(17)10-14;/h3-5,10-11,18H,6-9H2,1-2H3,(H,19,22);1H. The quantitative estimate of drug-likeness (QED) is 0.697. The Bertz CT molecular complexity index is 661. The fourth-order valence-electron chi connectivity index (χ4n) is 2.16. The SMILES string of the molecule is COCCNCCNC(=O)c1cnn(-c2cccc(Cl)c2)c1C.Cl. The lowest BCUT2D eigenvalue weighted by atomic mass is 10.2. The van der Waals surface area contributed by atoms with Crippen molar-refractivity contribution in [2.24, 2.45) is 0 Å².